The molecule has 0 radical (unpaired) electrons. The molecule has 1 saturated carbocycles. The predicted molar refractivity (Wildman–Crippen MR) is 122 cm³/mol. The zero-order valence-electron chi connectivity index (χ0n) is 17.0. The summed E-state index contributed by atoms with van der Waals surface area (Å²) < 4.78 is 7.63. The van der Waals surface area contributed by atoms with Crippen LogP contribution in [0.5, 0.6) is 5.75 Å². The van der Waals surface area contributed by atoms with Gasteiger partial charge in [0.1, 0.15) is 5.75 Å². The van der Waals surface area contributed by atoms with Crippen molar-refractivity contribution in [1.82, 2.24) is 14.9 Å². The number of nitrogens with zero attached hydrogens (tertiary/aromatic N) is 4. The summed E-state index contributed by atoms with van der Waals surface area (Å²) in [7, 11) is 0. The van der Waals surface area contributed by atoms with Crippen LogP contribution in [0, 0.1) is 0 Å². The van der Waals surface area contributed by atoms with Crippen LogP contribution in [0.3, 0.4) is 0 Å². The van der Waals surface area contributed by atoms with Crippen LogP contribution in [-0.2, 0) is 0 Å². The lowest BCUT2D eigenvalue weighted by atomic mass is 10.1. The Morgan fingerprint density at radius 1 is 1.07 bits per heavy atom. The summed E-state index contributed by atoms with van der Waals surface area (Å²) >= 11 is 1.66. The van der Waals surface area contributed by atoms with Crippen LogP contribution in [0.1, 0.15) is 38.2 Å². The van der Waals surface area contributed by atoms with Gasteiger partial charge in [0.25, 0.3) is 0 Å². The molecule has 0 spiro atoms. The maximum Gasteiger partial charge on any atom is 0.212 e. The van der Waals surface area contributed by atoms with Crippen molar-refractivity contribution in [3.8, 4) is 17.1 Å². The number of benzene rings is 2. The first-order valence-corrected chi connectivity index (χ1v) is 11.6. The first kappa shape index (κ1) is 19.2. The molecule has 2 aliphatic rings. The van der Waals surface area contributed by atoms with Gasteiger partial charge in [0.2, 0.25) is 5.16 Å². The molecular formula is C23H25N5OS. The minimum absolute atomic E-state index is 0.600. The highest BCUT2D eigenvalue weighted by atomic mass is 32.2. The molecule has 5 rings (SSSR count). The third-order valence-electron chi connectivity index (χ3n) is 5.54. The number of ether oxygens (including phenoxy) is 1. The van der Waals surface area contributed by atoms with Gasteiger partial charge in [-0.3, -0.25) is 0 Å². The SMILES string of the molecule is CCOc1ccccc1-c1nnc2n1N=C(c1ccc(NC3CCCC3)cc1)CS2. The Hall–Kier alpha value is -2.80. The van der Waals surface area contributed by atoms with Gasteiger partial charge in [-0.1, -0.05) is 48.9 Å². The number of aromatic nitrogens is 3. The summed E-state index contributed by atoms with van der Waals surface area (Å²) in [4.78, 5) is 0. The Morgan fingerprint density at radius 2 is 1.87 bits per heavy atom. The Bertz CT molecular complexity index is 1050. The fourth-order valence-electron chi connectivity index (χ4n) is 4.03. The maximum atomic E-state index is 5.79. The van der Waals surface area contributed by atoms with Crippen molar-refractivity contribution >= 4 is 23.2 Å². The number of fused-ring (bicyclic) bond motifs is 1. The van der Waals surface area contributed by atoms with E-state index in [2.05, 4.69) is 39.8 Å². The van der Waals surface area contributed by atoms with Crippen molar-refractivity contribution in [2.45, 2.75) is 43.8 Å². The van der Waals surface area contributed by atoms with Gasteiger partial charge in [-0.2, -0.15) is 9.78 Å². The van der Waals surface area contributed by atoms with Gasteiger partial charge >= 0.3 is 0 Å². The summed E-state index contributed by atoms with van der Waals surface area (Å²) in [5.74, 6) is 2.28. The van der Waals surface area contributed by atoms with Gasteiger partial charge in [-0.25, -0.2) is 0 Å². The first-order chi connectivity index (χ1) is 14.8. The van der Waals surface area contributed by atoms with Crippen molar-refractivity contribution in [2.24, 2.45) is 5.10 Å². The molecule has 1 fully saturated rings. The molecular weight excluding hydrogens is 394 g/mol. The standard InChI is InChI=1S/C23H25N5OS/c1-2-29-21-10-6-5-9-19(21)22-25-26-23-28(22)27-20(15-30-23)16-11-13-18(14-12-16)24-17-7-3-4-8-17/h5-6,9-14,17,24H,2-4,7-8,15H2,1H3. The number of anilines is 1. The highest BCUT2D eigenvalue weighted by Crippen LogP contribution is 2.33. The zero-order valence-corrected chi connectivity index (χ0v) is 17.9. The van der Waals surface area contributed by atoms with Gasteiger partial charge < -0.3 is 10.1 Å². The molecule has 6 nitrogen and oxygen atoms in total. The highest BCUT2D eigenvalue weighted by molar-refractivity contribution is 7.99. The van der Waals surface area contributed by atoms with Crippen LogP contribution in [0.15, 0.2) is 58.8 Å². The van der Waals surface area contributed by atoms with Gasteiger partial charge in [0, 0.05) is 17.5 Å². The normalized spacial score (nSPS) is 16.2. The van der Waals surface area contributed by atoms with Crippen LogP contribution < -0.4 is 10.1 Å². The summed E-state index contributed by atoms with van der Waals surface area (Å²) in [5, 5.41) is 18.1. The number of hydrogen-bond acceptors (Lipinski definition) is 6. The van der Waals surface area contributed by atoms with Crippen molar-refractivity contribution in [1.29, 1.82) is 0 Å². The fourth-order valence-corrected chi connectivity index (χ4v) is 4.87. The van der Waals surface area contributed by atoms with E-state index in [9.17, 15) is 0 Å². The zero-order chi connectivity index (χ0) is 20.3. The van der Waals surface area contributed by atoms with E-state index < -0.39 is 0 Å². The summed E-state index contributed by atoms with van der Waals surface area (Å²) in [6.45, 7) is 2.58. The largest absolute Gasteiger partial charge is 0.493 e. The Labute approximate surface area is 180 Å². The van der Waals surface area contributed by atoms with Crippen molar-refractivity contribution in [2.75, 3.05) is 17.7 Å². The summed E-state index contributed by atoms with van der Waals surface area (Å²) in [6, 6.07) is 17.1. The highest BCUT2D eigenvalue weighted by Gasteiger charge is 2.22. The number of hydrogen-bond donors (Lipinski definition) is 1. The lowest BCUT2D eigenvalue weighted by Crippen LogP contribution is -2.15. The Kier molecular flexibility index (Phi) is 5.45. The van der Waals surface area contributed by atoms with Crippen molar-refractivity contribution in [3.05, 3.63) is 54.1 Å². The van der Waals surface area contributed by atoms with Gasteiger partial charge in [-0.05, 0) is 49.6 Å². The van der Waals surface area contributed by atoms with E-state index in [4.69, 9.17) is 9.84 Å². The second-order valence-electron chi connectivity index (χ2n) is 7.59. The second-order valence-corrected chi connectivity index (χ2v) is 8.53. The van der Waals surface area contributed by atoms with Crippen LogP contribution >= 0.6 is 11.8 Å². The number of nitrogens with one attached hydrogen (secondary N) is 1. The van der Waals surface area contributed by atoms with E-state index in [0.29, 0.717) is 18.5 Å². The van der Waals surface area contributed by atoms with Crippen molar-refractivity contribution < 1.29 is 4.74 Å². The quantitative estimate of drug-likeness (QED) is 0.605. The van der Waals surface area contributed by atoms with E-state index in [1.54, 1.807) is 11.8 Å². The topological polar surface area (TPSA) is 64.3 Å². The van der Waals surface area contributed by atoms with E-state index in [-0.39, 0.29) is 0 Å². The molecule has 1 aliphatic heterocycles. The van der Waals surface area contributed by atoms with Crippen LogP contribution in [-0.4, -0.2) is 39.0 Å². The second kappa shape index (κ2) is 8.52. The van der Waals surface area contributed by atoms with Crippen LogP contribution in [0.2, 0.25) is 0 Å². The monoisotopic (exact) mass is 419 g/mol. The smallest absolute Gasteiger partial charge is 0.212 e. The third-order valence-corrected chi connectivity index (χ3v) is 6.47. The first-order valence-electron chi connectivity index (χ1n) is 10.6. The molecule has 2 aromatic carbocycles. The lowest BCUT2D eigenvalue weighted by Gasteiger charge is -2.16. The minimum atomic E-state index is 0.600. The molecule has 0 atom stereocenters. The molecule has 0 amide bonds. The average Bonchev–Trinajstić information content (AvgIpc) is 3.44. The molecule has 0 unspecified atom stereocenters. The Balaban J connectivity index is 1.43. The Morgan fingerprint density at radius 3 is 2.67 bits per heavy atom. The predicted octanol–water partition coefficient (Wildman–Crippen LogP) is 5.06. The molecule has 3 aromatic rings. The fraction of sp³-hybridized carbons (Fsp3) is 0.348. The molecule has 1 aliphatic carbocycles. The molecule has 0 bridgehead atoms. The minimum Gasteiger partial charge on any atom is -0.493 e. The van der Waals surface area contributed by atoms with Gasteiger partial charge in [-0.15, -0.1) is 10.2 Å². The van der Waals surface area contributed by atoms with E-state index in [0.717, 1.165) is 33.5 Å². The molecule has 7 heteroatoms. The lowest BCUT2D eigenvalue weighted by molar-refractivity contribution is 0.341. The summed E-state index contributed by atoms with van der Waals surface area (Å²) in [6.07, 6.45) is 5.21. The van der Waals surface area contributed by atoms with E-state index in [1.165, 1.54) is 31.4 Å². The van der Waals surface area contributed by atoms with Gasteiger partial charge in [0.05, 0.1) is 17.9 Å². The third kappa shape index (κ3) is 3.81. The summed E-state index contributed by atoms with van der Waals surface area (Å²) in [5.41, 5.74) is 4.24. The number of thioether (sulfide) groups is 1. The van der Waals surface area contributed by atoms with Crippen molar-refractivity contribution in [3.63, 3.8) is 0 Å². The van der Waals surface area contributed by atoms with E-state index >= 15 is 0 Å². The maximum absolute atomic E-state index is 5.79. The van der Waals surface area contributed by atoms with Crippen LogP contribution in [0.4, 0.5) is 5.69 Å². The van der Waals surface area contributed by atoms with Gasteiger partial charge in [0.15, 0.2) is 5.82 Å². The number of para-hydroxylation sites is 1. The molecule has 30 heavy (non-hydrogen) atoms. The molecule has 154 valence electrons. The molecule has 1 aromatic heterocycles. The molecule has 1 N–H and O–H groups in total. The average molecular weight is 420 g/mol. The molecule has 0 saturated heterocycles. The van der Waals surface area contributed by atoms with E-state index in [1.807, 2.05) is 35.9 Å². The number of rotatable bonds is 6. The molecule has 2 heterocycles. The van der Waals surface area contributed by atoms with Crippen LogP contribution in [0.25, 0.3) is 11.4 Å².